The standard InChI is InChI=1S/C47H63ClN4O12S/c1-26-10-9-11-34(60-7)32-21-35(62-46(59)49-32)27(2)44-47(4,64-44)38(23-40(55)51(6)33-19-30(18-26)20-36(61-8)43(33)48)63-42(57)25-50(5)39(54)16-17-65-37-22-41(56)52(45(37)58)24-29-12-14-31(15-13-29)28(3)53/h9-11,19-20,27,29,31-32,34-35,37-38,44H,12-18,21-25H2,1-8H3,(H,49,59)/b11-9+,26-10+/t27-,29-,31-,32?,34-,35+,37+,38+,44+,47+/m1/s1. The topological polar surface area (TPSA) is 191 Å². The summed E-state index contributed by atoms with van der Waals surface area (Å²) in [5.74, 6) is -1.42. The second-order valence-electron chi connectivity index (χ2n) is 18.3. The Bertz CT molecular complexity index is 2070. The molecule has 4 bridgehead atoms. The number of ether oxygens (including phenoxy) is 5. The number of amides is 5. The number of epoxide rings is 1. The molecule has 4 aliphatic heterocycles. The zero-order chi connectivity index (χ0) is 47.3. The van der Waals surface area contributed by atoms with Gasteiger partial charge in [0.15, 0.2) is 0 Å². The molecule has 16 nitrogen and oxygen atoms in total. The van der Waals surface area contributed by atoms with E-state index in [0.717, 1.165) is 36.8 Å². The minimum atomic E-state index is -1.18. The van der Waals surface area contributed by atoms with Gasteiger partial charge in [0.1, 0.15) is 40.9 Å². The summed E-state index contributed by atoms with van der Waals surface area (Å²) in [6, 6.07) is 3.20. The van der Waals surface area contributed by atoms with Crippen LogP contribution < -0.4 is 15.0 Å². The Balaban J connectivity index is 1.13. The van der Waals surface area contributed by atoms with Gasteiger partial charge in [0.05, 0.1) is 42.7 Å². The molecule has 65 heavy (non-hydrogen) atoms. The molecule has 18 heteroatoms. The van der Waals surface area contributed by atoms with E-state index in [0.29, 0.717) is 30.8 Å². The molecule has 356 valence electrons. The summed E-state index contributed by atoms with van der Waals surface area (Å²) in [4.78, 5) is 96.0. The van der Waals surface area contributed by atoms with Crippen molar-refractivity contribution in [3.05, 3.63) is 46.5 Å². The molecule has 0 aromatic heterocycles. The molecule has 4 fully saturated rings. The Morgan fingerprint density at radius 1 is 1.06 bits per heavy atom. The number of benzene rings is 1. The highest BCUT2D eigenvalue weighted by molar-refractivity contribution is 8.00. The van der Waals surface area contributed by atoms with Gasteiger partial charge >= 0.3 is 12.1 Å². The lowest BCUT2D eigenvalue weighted by molar-refractivity contribution is -0.157. The second-order valence-corrected chi connectivity index (χ2v) is 20.0. The van der Waals surface area contributed by atoms with Crippen LogP contribution in [-0.2, 0) is 54.1 Å². The molecule has 1 N–H and O–H groups in total. The van der Waals surface area contributed by atoms with E-state index in [-0.39, 0.29) is 65.4 Å². The van der Waals surface area contributed by atoms with Crippen molar-refractivity contribution >= 4 is 70.5 Å². The van der Waals surface area contributed by atoms with Gasteiger partial charge in [-0.1, -0.05) is 42.3 Å². The van der Waals surface area contributed by atoms with Crippen LogP contribution in [0.5, 0.6) is 5.75 Å². The summed E-state index contributed by atoms with van der Waals surface area (Å²) in [6.07, 6.45) is 6.08. The minimum Gasteiger partial charge on any atom is -0.495 e. The molecule has 6 rings (SSSR count). The Hall–Kier alpha value is -4.45. The van der Waals surface area contributed by atoms with E-state index in [9.17, 15) is 33.6 Å². The Kier molecular flexibility index (Phi) is 16.5. The summed E-state index contributed by atoms with van der Waals surface area (Å²) >= 11 is 8.04. The van der Waals surface area contributed by atoms with Gasteiger partial charge in [-0.3, -0.25) is 33.7 Å². The summed E-state index contributed by atoms with van der Waals surface area (Å²) in [6.45, 7) is 7.12. The van der Waals surface area contributed by atoms with E-state index in [1.807, 2.05) is 44.2 Å². The van der Waals surface area contributed by atoms with Crippen molar-refractivity contribution in [2.45, 2.75) is 127 Å². The highest BCUT2D eigenvalue weighted by Crippen LogP contribution is 2.49. The van der Waals surface area contributed by atoms with Crippen molar-refractivity contribution < 1.29 is 57.2 Å². The van der Waals surface area contributed by atoms with Crippen molar-refractivity contribution in [1.29, 1.82) is 0 Å². The van der Waals surface area contributed by atoms with Gasteiger partial charge in [-0.15, -0.1) is 11.8 Å². The number of esters is 1. The third-order valence-electron chi connectivity index (χ3n) is 13.6. The molecule has 0 spiro atoms. The summed E-state index contributed by atoms with van der Waals surface area (Å²) in [5, 5.41) is 2.50. The maximum atomic E-state index is 14.2. The molecule has 1 aliphatic carbocycles. The number of fused-ring (bicyclic) bond motifs is 5. The zero-order valence-corrected chi connectivity index (χ0v) is 40.2. The molecule has 1 aromatic carbocycles. The van der Waals surface area contributed by atoms with Gasteiger partial charge < -0.3 is 38.8 Å². The SMILES string of the molecule is COc1cc2cc(c1Cl)N(C)C(=O)C[C@H](OC(=O)CN(C)C(=O)CCS[C@H]1CC(=O)N(C[C@H]3CC[C@H](C(C)=O)CC3)C1=O)[C@]1(C)O[C@H]1[C@H](C)[C@@H]1CC(NC(=O)O1)[C@H](OC)/C=C/C=C(\C)C2. The Morgan fingerprint density at radius 2 is 1.78 bits per heavy atom. The van der Waals surface area contributed by atoms with Crippen molar-refractivity contribution in [3.63, 3.8) is 0 Å². The summed E-state index contributed by atoms with van der Waals surface area (Å²) in [5.41, 5.74) is 1.03. The van der Waals surface area contributed by atoms with Crippen molar-refractivity contribution in [3.8, 4) is 5.75 Å². The fraction of sp³-hybridized carbons (Fsp3) is 0.638. The normalized spacial score (nSPS) is 32.1. The number of ketones is 1. The van der Waals surface area contributed by atoms with Crippen LogP contribution in [0, 0.1) is 17.8 Å². The number of hydrogen-bond donors (Lipinski definition) is 1. The van der Waals surface area contributed by atoms with Gasteiger partial charge in [0.2, 0.25) is 23.6 Å². The number of hydrogen-bond acceptors (Lipinski definition) is 13. The summed E-state index contributed by atoms with van der Waals surface area (Å²) < 4.78 is 29.6. The summed E-state index contributed by atoms with van der Waals surface area (Å²) in [7, 11) is 6.11. The quantitative estimate of drug-likeness (QED) is 0.158. The van der Waals surface area contributed by atoms with E-state index in [2.05, 4.69) is 5.32 Å². The highest BCUT2D eigenvalue weighted by Gasteiger charge is 2.64. The molecule has 5 amide bonds. The number of allylic oxidation sites excluding steroid dienone is 3. The molecule has 0 radical (unpaired) electrons. The van der Waals surface area contributed by atoms with Crippen LogP contribution in [0.15, 0.2) is 35.9 Å². The van der Waals surface area contributed by atoms with Crippen LogP contribution in [0.25, 0.3) is 0 Å². The number of nitrogens with zero attached hydrogens (tertiary/aromatic N) is 3. The largest absolute Gasteiger partial charge is 0.495 e. The van der Waals surface area contributed by atoms with Crippen molar-refractivity contribution in [2.75, 3.05) is 52.1 Å². The van der Waals surface area contributed by atoms with Crippen molar-refractivity contribution in [2.24, 2.45) is 17.8 Å². The molecule has 5 aliphatic rings. The van der Waals surface area contributed by atoms with Crippen LogP contribution in [0.4, 0.5) is 10.5 Å². The number of imide groups is 1. The van der Waals surface area contributed by atoms with Crippen LogP contribution in [0.3, 0.4) is 0 Å². The molecule has 4 heterocycles. The van der Waals surface area contributed by atoms with Crippen LogP contribution in [0.1, 0.15) is 84.6 Å². The van der Waals surface area contributed by atoms with E-state index in [1.165, 1.54) is 40.6 Å². The van der Waals surface area contributed by atoms with E-state index in [4.69, 9.17) is 35.3 Å². The monoisotopic (exact) mass is 942 g/mol. The number of methoxy groups -OCH3 is 2. The number of halogens is 1. The number of carbonyl (C=O) groups excluding carboxylic acids is 7. The number of thioether (sulfide) groups is 1. The fourth-order valence-electron chi connectivity index (χ4n) is 9.49. The first kappa shape index (κ1) is 50.0. The Labute approximate surface area is 390 Å². The number of anilines is 1. The molecular formula is C47H63ClN4O12S. The predicted molar refractivity (Wildman–Crippen MR) is 244 cm³/mol. The smallest absolute Gasteiger partial charge is 0.407 e. The number of nitrogens with one attached hydrogen (secondary N) is 1. The number of Topliss-reactive ketones (excluding diaryl/α,β-unsaturated/α-hetero) is 1. The third kappa shape index (κ3) is 11.9. The number of rotatable bonds is 12. The van der Waals surface area contributed by atoms with Gasteiger partial charge in [-0.2, -0.15) is 0 Å². The first-order chi connectivity index (χ1) is 30.8. The van der Waals surface area contributed by atoms with Crippen molar-refractivity contribution in [1.82, 2.24) is 15.1 Å². The minimum absolute atomic E-state index is 0.00286. The van der Waals surface area contributed by atoms with E-state index >= 15 is 0 Å². The lowest BCUT2D eigenvalue weighted by atomic mass is 9.80. The molecule has 1 aromatic rings. The number of likely N-dealkylation sites (N-methyl/N-ethyl adjacent to an activating group) is 1. The number of alkyl carbamates (subject to hydrolysis) is 1. The fourth-order valence-corrected chi connectivity index (χ4v) is 10.9. The average molecular weight is 944 g/mol. The highest BCUT2D eigenvalue weighted by atomic mass is 35.5. The Morgan fingerprint density at radius 3 is 2.46 bits per heavy atom. The lowest BCUT2D eigenvalue weighted by Gasteiger charge is -2.36. The number of carbonyl (C=O) groups is 7. The first-order valence-corrected chi connectivity index (χ1v) is 23.8. The molecule has 8 atom stereocenters. The van der Waals surface area contributed by atoms with E-state index < -0.39 is 71.7 Å². The molecule has 1 saturated carbocycles. The zero-order valence-electron chi connectivity index (χ0n) is 38.6. The van der Waals surface area contributed by atoms with Crippen LogP contribution in [0.2, 0.25) is 5.02 Å². The lowest BCUT2D eigenvalue weighted by Crippen LogP contribution is -2.53. The second kappa shape index (κ2) is 21.5. The molecule has 1 unspecified atom stereocenters. The van der Waals surface area contributed by atoms with Gasteiger partial charge in [0.25, 0.3) is 0 Å². The van der Waals surface area contributed by atoms with Crippen LogP contribution in [-0.4, -0.2) is 140 Å². The number of likely N-dealkylation sites (tertiary alicyclic amines) is 1. The maximum Gasteiger partial charge on any atom is 0.407 e. The van der Waals surface area contributed by atoms with E-state index in [1.54, 1.807) is 28.0 Å². The van der Waals surface area contributed by atoms with Gasteiger partial charge in [-0.05, 0) is 76.5 Å². The molecular weight excluding hydrogens is 880 g/mol. The maximum absolute atomic E-state index is 14.2. The molecule has 3 saturated heterocycles. The predicted octanol–water partition coefficient (Wildman–Crippen LogP) is 5.45. The van der Waals surface area contributed by atoms with Crippen LogP contribution >= 0.6 is 23.4 Å². The third-order valence-corrected chi connectivity index (χ3v) is 15.2. The average Bonchev–Trinajstić information content (AvgIpc) is 3.90. The van der Waals surface area contributed by atoms with Gasteiger partial charge in [0, 0.05) is 64.6 Å². The van der Waals surface area contributed by atoms with Gasteiger partial charge in [-0.25, -0.2) is 4.79 Å². The first-order valence-electron chi connectivity index (χ1n) is 22.4.